The Morgan fingerprint density at radius 1 is 0.588 bits per heavy atom. The number of hydrogen-bond donors (Lipinski definition) is 0. The molecular weight excluding hydrogens is 1060 g/mol. The number of alkyl halides is 3. The first kappa shape index (κ1) is 54.9. The van der Waals surface area contributed by atoms with Gasteiger partial charge in [0.2, 0.25) is 6.29 Å². The zero-order valence-electron chi connectivity index (χ0n) is 42.8. The SMILES string of the molecule is COc1ccc(O[C@H]2O[C@@H](COCc3ccccc3)[C@H](O[C@H]3O[C@H]4COC(c5ccccc5)O[C@@H]4[C@@H](OCc4ccc5ccccc5c4)[C@@H]3OS(=O)(=O)C(F)(F)F)[C@@H](OCc3ccccc3)[C@@H]2N2C(=O)c3ccccc3C2=O)cc1. The fraction of sp³-hybridized carbons (Fsp3) is 0.300. The monoisotopic (exact) mass is 1120 g/mol. The predicted molar refractivity (Wildman–Crippen MR) is 280 cm³/mol. The Morgan fingerprint density at radius 2 is 1.18 bits per heavy atom. The van der Waals surface area contributed by atoms with E-state index in [0.29, 0.717) is 22.4 Å². The van der Waals surface area contributed by atoms with E-state index in [4.69, 9.17) is 51.6 Å². The van der Waals surface area contributed by atoms with Gasteiger partial charge in [0, 0.05) is 5.56 Å². The van der Waals surface area contributed by atoms with Gasteiger partial charge in [-0.2, -0.15) is 21.6 Å². The molecule has 2 amide bonds. The molecule has 20 heteroatoms. The molecule has 11 rings (SSSR count). The summed E-state index contributed by atoms with van der Waals surface area (Å²) < 4.78 is 142. The first-order valence-electron chi connectivity index (χ1n) is 25.7. The molecule has 4 heterocycles. The van der Waals surface area contributed by atoms with E-state index >= 15 is 0 Å². The Bertz CT molecular complexity index is 3330. The summed E-state index contributed by atoms with van der Waals surface area (Å²) in [5, 5.41) is 1.74. The Balaban J connectivity index is 1.04. The van der Waals surface area contributed by atoms with Crippen molar-refractivity contribution in [3.8, 4) is 11.5 Å². The summed E-state index contributed by atoms with van der Waals surface area (Å²) in [6.45, 7) is -1.06. The molecule has 0 N–H and O–H groups in total. The van der Waals surface area contributed by atoms with E-state index in [0.717, 1.165) is 21.2 Å². The van der Waals surface area contributed by atoms with Crippen LogP contribution in [-0.4, -0.2) is 112 Å². The van der Waals surface area contributed by atoms with Crippen molar-refractivity contribution in [2.45, 2.75) is 93.0 Å². The van der Waals surface area contributed by atoms with Crippen molar-refractivity contribution in [2.75, 3.05) is 20.3 Å². The molecule has 80 heavy (non-hydrogen) atoms. The Morgan fingerprint density at radius 3 is 1.84 bits per heavy atom. The molecule has 7 aromatic carbocycles. The van der Waals surface area contributed by atoms with Gasteiger partial charge in [0.15, 0.2) is 18.7 Å². The number of carbonyl (C=O) groups is 2. The number of amides is 2. The molecule has 0 aromatic heterocycles. The largest absolute Gasteiger partial charge is 0.523 e. The van der Waals surface area contributed by atoms with Crippen LogP contribution in [-0.2, 0) is 72.0 Å². The third-order valence-electron chi connectivity index (χ3n) is 14.2. The van der Waals surface area contributed by atoms with Crippen LogP contribution in [0.2, 0.25) is 0 Å². The molecule has 0 saturated carbocycles. The molecule has 3 fully saturated rings. The minimum absolute atomic E-state index is 0.0238. The van der Waals surface area contributed by atoms with E-state index in [9.17, 15) is 31.2 Å². The minimum atomic E-state index is -6.50. The number of hydrogen-bond acceptors (Lipinski definition) is 15. The van der Waals surface area contributed by atoms with Crippen LogP contribution in [0.1, 0.15) is 49.3 Å². The lowest BCUT2D eigenvalue weighted by Gasteiger charge is -2.52. The summed E-state index contributed by atoms with van der Waals surface area (Å²) >= 11 is 0. The third kappa shape index (κ3) is 11.9. The van der Waals surface area contributed by atoms with Gasteiger partial charge in [-0.3, -0.25) is 18.7 Å². The Hall–Kier alpha value is -7.08. The smallest absolute Gasteiger partial charge is 0.497 e. The van der Waals surface area contributed by atoms with Gasteiger partial charge >= 0.3 is 15.6 Å². The lowest BCUT2D eigenvalue weighted by molar-refractivity contribution is -0.383. The van der Waals surface area contributed by atoms with Crippen LogP contribution in [0.4, 0.5) is 13.2 Å². The molecular formula is C60H54F3NO15S. The quantitative estimate of drug-likeness (QED) is 0.0425. The fourth-order valence-electron chi connectivity index (χ4n) is 10.3. The maximum atomic E-state index is 14.8. The van der Waals surface area contributed by atoms with Crippen LogP contribution in [0.3, 0.4) is 0 Å². The lowest BCUT2D eigenvalue weighted by atomic mass is 9.93. The minimum Gasteiger partial charge on any atom is -0.497 e. The molecule has 4 aliphatic heterocycles. The topological polar surface area (TPSA) is 173 Å². The van der Waals surface area contributed by atoms with Gasteiger partial charge in [-0.25, -0.2) is 0 Å². The molecule has 4 aliphatic rings. The number of rotatable bonds is 19. The maximum absolute atomic E-state index is 14.8. The molecule has 1 unspecified atom stereocenters. The average Bonchev–Trinajstić information content (AvgIpc) is 3.72. The number of fused-ring (bicyclic) bond motifs is 3. The zero-order valence-corrected chi connectivity index (χ0v) is 43.6. The zero-order chi connectivity index (χ0) is 55.4. The highest BCUT2D eigenvalue weighted by Crippen LogP contribution is 2.43. The summed E-state index contributed by atoms with van der Waals surface area (Å²) in [4.78, 5) is 30.6. The molecule has 0 aliphatic carbocycles. The summed E-state index contributed by atoms with van der Waals surface area (Å²) in [6, 6.07) is 50.8. The van der Waals surface area contributed by atoms with Crippen molar-refractivity contribution < 1.29 is 82.7 Å². The van der Waals surface area contributed by atoms with Gasteiger partial charge in [-0.1, -0.05) is 140 Å². The number of methoxy groups -OCH3 is 1. The van der Waals surface area contributed by atoms with Crippen LogP contribution < -0.4 is 9.47 Å². The third-order valence-corrected chi connectivity index (χ3v) is 15.2. The molecule has 7 aromatic rings. The van der Waals surface area contributed by atoms with Crippen LogP contribution in [0.5, 0.6) is 11.5 Å². The van der Waals surface area contributed by atoms with Crippen LogP contribution in [0.15, 0.2) is 182 Å². The van der Waals surface area contributed by atoms with Crippen molar-refractivity contribution in [1.82, 2.24) is 4.90 Å². The van der Waals surface area contributed by atoms with E-state index in [1.54, 1.807) is 103 Å². The number of benzene rings is 7. The number of imide groups is 1. The van der Waals surface area contributed by atoms with Crippen molar-refractivity contribution in [2.24, 2.45) is 0 Å². The number of nitrogens with zero attached hydrogens (tertiary/aromatic N) is 1. The van der Waals surface area contributed by atoms with Crippen LogP contribution >= 0.6 is 0 Å². The van der Waals surface area contributed by atoms with E-state index < -0.39 is 95.1 Å². The normalized spacial score (nSPS) is 25.9. The maximum Gasteiger partial charge on any atom is 0.523 e. The second-order valence-corrected chi connectivity index (χ2v) is 20.9. The molecule has 0 spiro atoms. The predicted octanol–water partition coefficient (Wildman–Crippen LogP) is 9.46. The second kappa shape index (κ2) is 23.9. The van der Waals surface area contributed by atoms with E-state index in [1.165, 1.54) is 19.2 Å². The highest BCUT2D eigenvalue weighted by atomic mass is 32.2. The number of carbonyl (C=O) groups excluding carboxylic acids is 2. The number of halogens is 3. The van der Waals surface area contributed by atoms with E-state index in [2.05, 4.69) is 0 Å². The summed E-state index contributed by atoms with van der Waals surface area (Å²) in [6.07, 6.45) is -15.9. The molecule has 0 radical (unpaired) electrons. The molecule has 11 atom stereocenters. The lowest BCUT2D eigenvalue weighted by Crippen LogP contribution is -2.70. The highest BCUT2D eigenvalue weighted by Gasteiger charge is 2.61. The van der Waals surface area contributed by atoms with Crippen molar-refractivity contribution in [1.29, 1.82) is 0 Å². The molecule has 3 saturated heterocycles. The van der Waals surface area contributed by atoms with Gasteiger partial charge in [-0.05, 0) is 69.9 Å². The molecule has 0 bridgehead atoms. The van der Waals surface area contributed by atoms with E-state index in [1.807, 2.05) is 66.7 Å². The van der Waals surface area contributed by atoms with Gasteiger partial charge < -0.3 is 47.4 Å². The van der Waals surface area contributed by atoms with Crippen LogP contribution in [0.25, 0.3) is 10.8 Å². The standard InChI is InChI=1S/C60H54F3NO15S/c1-69-43-27-29-44(30-28-43)74-58-49(64-55(65)45-23-13-14-24-46(45)56(64)66)52(71-33-38-17-7-3-8-18-38)50(47(75-58)35-70-32-37-15-5-2-6-16-37)78-59-54(79-80(67,68)60(61,62)63)53(72-34-39-25-26-40-19-11-12-22-42(40)31-39)51-48(76-59)36-73-57(77-51)41-20-9-4-10-21-41/h2-31,47-54,57-59H,32-36H2,1H3/t47-,48-,49-,50-,51-,52-,53+,54-,57?,58-,59+/m0/s1. The van der Waals surface area contributed by atoms with Crippen molar-refractivity contribution >= 4 is 32.7 Å². The van der Waals surface area contributed by atoms with Crippen molar-refractivity contribution in [3.05, 3.63) is 215 Å². The summed E-state index contributed by atoms with van der Waals surface area (Å²) in [7, 11) is -5.00. The summed E-state index contributed by atoms with van der Waals surface area (Å²) in [5.74, 6) is -0.775. The second-order valence-electron chi connectivity index (χ2n) is 19.4. The molecule has 416 valence electrons. The Labute approximate surface area is 458 Å². The first-order chi connectivity index (χ1) is 38.8. The van der Waals surface area contributed by atoms with Crippen LogP contribution in [0, 0.1) is 0 Å². The number of ether oxygens (including phenoxy) is 10. The molecule has 16 nitrogen and oxygen atoms in total. The van der Waals surface area contributed by atoms with Crippen molar-refractivity contribution in [3.63, 3.8) is 0 Å². The average molecular weight is 1120 g/mol. The Kier molecular flexibility index (Phi) is 16.4. The van der Waals surface area contributed by atoms with Gasteiger partial charge in [-0.15, -0.1) is 0 Å². The van der Waals surface area contributed by atoms with Gasteiger partial charge in [0.1, 0.15) is 54.2 Å². The fourth-order valence-corrected chi connectivity index (χ4v) is 10.9. The summed E-state index contributed by atoms with van der Waals surface area (Å²) in [5.41, 5.74) is -3.31. The first-order valence-corrected chi connectivity index (χ1v) is 27.1. The van der Waals surface area contributed by atoms with E-state index in [-0.39, 0.29) is 49.9 Å². The van der Waals surface area contributed by atoms with Gasteiger partial charge in [0.05, 0.1) is 51.3 Å². The van der Waals surface area contributed by atoms with Gasteiger partial charge in [0.25, 0.3) is 11.8 Å². The highest BCUT2D eigenvalue weighted by molar-refractivity contribution is 7.87.